The molecule has 3 unspecified atom stereocenters. The first-order valence-corrected chi connectivity index (χ1v) is 11.9. The monoisotopic (exact) mass is 478 g/mol. The van der Waals surface area contributed by atoms with Crippen molar-refractivity contribution in [2.24, 2.45) is 17.3 Å². The third-order valence-corrected chi connectivity index (χ3v) is 8.44. The summed E-state index contributed by atoms with van der Waals surface area (Å²) in [5, 5.41) is 25.6. The summed E-state index contributed by atoms with van der Waals surface area (Å²) in [5.41, 5.74) is 1.23. The Morgan fingerprint density at radius 2 is 1.61 bits per heavy atom. The average Bonchev–Trinajstić information content (AvgIpc) is 3.56. The summed E-state index contributed by atoms with van der Waals surface area (Å²) in [7, 11) is 0. The molecule has 5 aliphatic carbocycles. The molecule has 10 radical (unpaired) electrons. The van der Waals surface area contributed by atoms with E-state index in [-0.39, 0.29) is 28.2 Å². The van der Waals surface area contributed by atoms with Crippen LogP contribution in [0.25, 0.3) is 0 Å². The standard InChI is InChI=1S/C25H26O2.C5H5.Fe/c1-24-13-11-21-20-9-7-19(26)16-18(20)6-8-22(21)23(24)12-15-25(24,27)14-10-17-4-2-3-5-17;1-2-4-5-3-1;/h2-5,7,9,16,21-23,26H,6,8,11-13,15H2,1H3;1-5H;/q-1;;+2/p-1/t21?,22?,23?,24-,25-;;/m0../s1. The third-order valence-electron chi connectivity index (χ3n) is 8.44. The van der Waals surface area contributed by atoms with Gasteiger partial charge in [-0.25, -0.2) is 0 Å². The van der Waals surface area contributed by atoms with Gasteiger partial charge in [0.25, 0.3) is 0 Å². The maximum atomic E-state index is 13.8. The molecule has 0 spiro atoms. The van der Waals surface area contributed by atoms with Crippen molar-refractivity contribution in [1.82, 2.24) is 0 Å². The van der Waals surface area contributed by atoms with Gasteiger partial charge in [0, 0.05) is 0 Å². The van der Waals surface area contributed by atoms with Crippen LogP contribution in [0.15, 0.2) is 18.2 Å². The van der Waals surface area contributed by atoms with Gasteiger partial charge < -0.3 is 10.2 Å². The Hall–Kier alpha value is -0.941. The van der Waals surface area contributed by atoms with E-state index in [2.05, 4.69) is 24.8 Å². The van der Waals surface area contributed by atoms with Gasteiger partial charge in [0.1, 0.15) is 0 Å². The number of rotatable bonds is 0. The Kier molecular flexibility index (Phi) is 7.90. The number of aryl methyl sites for hydroxylation is 1. The van der Waals surface area contributed by atoms with Crippen LogP contribution in [0, 0.1) is 92.8 Å². The fourth-order valence-electron chi connectivity index (χ4n) is 6.71. The molecule has 0 heterocycles. The Morgan fingerprint density at radius 1 is 0.909 bits per heavy atom. The van der Waals surface area contributed by atoms with Crippen molar-refractivity contribution in [1.29, 1.82) is 0 Å². The van der Waals surface area contributed by atoms with Gasteiger partial charge in [-0.05, 0) is 130 Å². The van der Waals surface area contributed by atoms with Gasteiger partial charge >= 0.3 is 17.1 Å². The molecule has 0 aliphatic heterocycles. The van der Waals surface area contributed by atoms with Gasteiger partial charge in [-0.3, -0.25) is 0 Å². The summed E-state index contributed by atoms with van der Waals surface area (Å²) in [6, 6.07) is 5.61. The van der Waals surface area contributed by atoms with Crippen LogP contribution in [0.5, 0.6) is 5.75 Å². The second-order valence-electron chi connectivity index (χ2n) is 9.98. The predicted molar refractivity (Wildman–Crippen MR) is 123 cm³/mol. The van der Waals surface area contributed by atoms with E-state index in [4.69, 9.17) is 0 Å². The van der Waals surface area contributed by atoms with Gasteiger partial charge in [-0.2, -0.15) is 0 Å². The van der Waals surface area contributed by atoms with E-state index in [9.17, 15) is 10.2 Å². The van der Waals surface area contributed by atoms with Gasteiger partial charge in [0.05, 0.1) is 5.92 Å². The summed E-state index contributed by atoms with van der Waals surface area (Å²) in [4.78, 5) is 0. The molecule has 170 valence electrons. The maximum absolute atomic E-state index is 13.8. The molecule has 33 heavy (non-hydrogen) atoms. The van der Waals surface area contributed by atoms with Gasteiger partial charge in [-0.1, -0.05) is 37.5 Å². The quantitative estimate of drug-likeness (QED) is 0.416. The SMILES string of the molecule is C[C@]12CCC3c4ccc([O-])cc4CCC3C1CC[C@@]2([O-])C#C[C]1[CH][CH][CH][CH]1.[CH]1[CH][CH][CH][CH]1.[Fe+2]. The first-order chi connectivity index (χ1) is 15.5. The predicted octanol–water partition coefficient (Wildman–Crippen LogP) is 4.14. The van der Waals surface area contributed by atoms with Crippen LogP contribution < -0.4 is 10.2 Å². The number of fused-ring (bicyclic) bond motifs is 5. The van der Waals surface area contributed by atoms with Crippen molar-refractivity contribution < 1.29 is 27.3 Å². The Labute approximate surface area is 211 Å². The Bertz CT molecular complexity index is 867. The summed E-state index contributed by atoms with van der Waals surface area (Å²) in [6.07, 6.45) is 23.6. The molecule has 0 N–H and O–H groups in total. The molecule has 5 atom stereocenters. The molecule has 3 heteroatoms. The zero-order valence-corrected chi connectivity index (χ0v) is 20.2. The molecule has 0 aromatic heterocycles. The maximum Gasteiger partial charge on any atom is 2.00 e. The molecule has 0 amide bonds. The molecule has 1 aromatic carbocycles. The van der Waals surface area contributed by atoms with Crippen LogP contribution >= 0.6 is 0 Å². The van der Waals surface area contributed by atoms with Crippen LogP contribution in [-0.2, 0) is 23.5 Å². The topological polar surface area (TPSA) is 46.1 Å². The van der Waals surface area contributed by atoms with Crippen LogP contribution in [0.4, 0.5) is 0 Å². The van der Waals surface area contributed by atoms with E-state index in [1.54, 1.807) is 6.07 Å². The molecule has 4 fully saturated rings. The van der Waals surface area contributed by atoms with Crippen molar-refractivity contribution in [2.45, 2.75) is 57.0 Å². The van der Waals surface area contributed by atoms with E-state index in [1.165, 1.54) is 11.1 Å². The van der Waals surface area contributed by atoms with Crippen molar-refractivity contribution in [2.75, 3.05) is 0 Å². The minimum absolute atomic E-state index is 0. The zero-order valence-electron chi connectivity index (χ0n) is 19.1. The second-order valence-corrected chi connectivity index (χ2v) is 9.98. The number of benzene rings is 1. The third kappa shape index (κ3) is 4.78. The van der Waals surface area contributed by atoms with Crippen LogP contribution in [-0.4, -0.2) is 5.60 Å². The molecule has 1 aromatic rings. The van der Waals surface area contributed by atoms with Gasteiger partial charge in [0.15, 0.2) is 0 Å². The molecule has 4 saturated carbocycles. The van der Waals surface area contributed by atoms with Crippen molar-refractivity contribution >= 4 is 0 Å². The van der Waals surface area contributed by atoms with E-state index in [0.29, 0.717) is 24.2 Å². The summed E-state index contributed by atoms with van der Waals surface area (Å²) in [5.74, 6) is 8.93. The van der Waals surface area contributed by atoms with Crippen molar-refractivity contribution in [3.63, 3.8) is 0 Å². The first kappa shape index (κ1) is 25.2. The molecular weight excluding hydrogens is 448 g/mol. The van der Waals surface area contributed by atoms with E-state index >= 15 is 0 Å². The minimum atomic E-state index is -1.14. The van der Waals surface area contributed by atoms with E-state index in [0.717, 1.165) is 38.0 Å². The van der Waals surface area contributed by atoms with Crippen molar-refractivity contribution in [3.8, 4) is 17.6 Å². The summed E-state index contributed by atoms with van der Waals surface area (Å²) >= 11 is 0. The normalized spacial score (nSPS) is 36.8. The first-order valence-electron chi connectivity index (χ1n) is 11.9. The number of hydrogen-bond acceptors (Lipinski definition) is 2. The minimum Gasteiger partial charge on any atom is -0.872 e. The van der Waals surface area contributed by atoms with Gasteiger partial charge in [0.2, 0.25) is 0 Å². The fourth-order valence-corrected chi connectivity index (χ4v) is 6.71. The molecule has 2 nitrogen and oxygen atoms in total. The Morgan fingerprint density at radius 3 is 2.30 bits per heavy atom. The fraction of sp³-hybridized carbons (Fsp3) is 0.400. The molecular formula is C30H30FeO2. The van der Waals surface area contributed by atoms with Crippen LogP contribution in [0.1, 0.15) is 56.1 Å². The molecule has 5 aliphatic rings. The molecule has 6 rings (SSSR count). The van der Waals surface area contributed by atoms with E-state index in [1.807, 2.05) is 63.9 Å². The molecule has 0 saturated heterocycles. The number of hydrogen-bond donors (Lipinski definition) is 0. The van der Waals surface area contributed by atoms with E-state index < -0.39 is 5.60 Å². The van der Waals surface area contributed by atoms with Gasteiger partial charge in [-0.15, -0.1) is 11.7 Å². The summed E-state index contributed by atoms with van der Waals surface area (Å²) in [6.45, 7) is 2.21. The van der Waals surface area contributed by atoms with Crippen LogP contribution in [0.2, 0.25) is 0 Å². The Balaban J connectivity index is 0.000000385. The second kappa shape index (κ2) is 10.4. The molecule has 0 bridgehead atoms. The van der Waals surface area contributed by atoms with Crippen LogP contribution in [0.3, 0.4) is 0 Å². The average molecular weight is 478 g/mol. The largest absolute Gasteiger partial charge is 2.00 e. The summed E-state index contributed by atoms with van der Waals surface area (Å²) < 4.78 is 0. The smallest absolute Gasteiger partial charge is 0.872 e. The zero-order chi connectivity index (χ0) is 22.2. The van der Waals surface area contributed by atoms with Crippen molar-refractivity contribution in [3.05, 3.63) is 93.0 Å².